The maximum atomic E-state index is 11.1. The lowest BCUT2D eigenvalue weighted by atomic mass is 10.00. The molecule has 0 amide bonds. The summed E-state index contributed by atoms with van der Waals surface area (Å²) in [7, 11) is 0. The van der Waals surface area contributed by atoms with E-state index in [9.17, 15) is 14.7 Å². The number of aromatic hydroxyl groups is 1. The first-order valence-electron chi connectivity index (χ1n) is 6.41. The first-order chi connectivity index (χ1) is 10.1. The summed E-state index contributed by atoms with van der Waals surface area (Å²) in [5, 5.41) is 20.3. The number of carboxylic acid groups (broad SMARTS) is 1. The van der Waals surface area contributed by atoms with E-state index in [2.05, 4.69) is 0 Å². The van der Waals surface area contributed by atoms with Gasteiger partial charge < -0.3 is 10.2 Å². The second-order valence-corrected chi connectivity index (χ2v) is 6.06. The number of benzene rings is 2. The highest BCUT2D eigenvalue weighted by Gasteiger charge is 2.24. The van der Waals surface area contributed by atoms with Crippen LogP contribution in [0.4, 0.5) is 0 Å². The summed E-state index contributed by atoms with van der Waals surface area (Å²) in [6.07, 6.45) is 3.05. The summed E-state index contributed by atoms with van der Waals surface area (Å²) in [6.45, 7) is 0. The fourth-order valence-electron chi connectivity index (χ4n) is 2.49. The van der Waals surface area contributed by atoms with Crippen molar-refractivity contribution in [3.8, 4) is 5.75 Å². The van der Waals surface area contributed by atoms with Crippen LogP contribution in [0.15, 0.2) is 41.3 Å². The molecule has 2 aromatic rings. The second kappa shape index (κ2) is 5.26. The Hall–Kier alpha value is -2.27. The molecule has 0 bridgehead atoms. The molecule has 0 saturated carbocycles. The van der Waals surface area contributed by atoms with Gasteiger partial charge in [-0.15, -0.1) is 11.8 Å². The van der Waals surface area contributed by atoms with Crippen molar-refractivity contribution >= 4 is 34.8 Å². The van der Waals surface area contributed by atoms with E-state index >= 15 is 0 Å². The van der Waals surface area contributed by atoms with E-state index in [-0.39, 0.29) is 16.6 Å². The van der Waals surface area contributed by atoms with Gasteiger partial charge in [0.25, 0.3) is 0 Å². The molecule has 106 valence electrons. The molecule has 0 spiro atoms. The van der Waals surface area contributed by atoms with Crippen LogP contribution in [0.1, 0.15) is 27.6 Å². The van der Waals surface area contributed by atoms with E-state index in [4.69, 9.17) is 5.11 Å². The van der Waals surface area contributed by atoms with E-state index in [1.165, 1.54) is 17.8 Å². The van der Waals surface area contributed by atoms with Gasteiger partial charge in [0.1, 0.15) is 5.75 Å². The SMILES string of the molecule is O=Cc1c(O)ccc2cc(C3CC=C(C(=O)O)S3)ccc12. The minimum atomic E-state index is -0.892. The second-order valence-electron chi connectivity index (χ2n) is 4.81. The third-order valence-corrected chi connectivity index (χ3v) is 4.89. The van der Waals surface area contributed by atoms with Crippen molar-refractivity contribution in [2.24, 2.45) is 0 Å². The lowest BCUT2D eigenvalue weighted by Gasteiger charge is -2.12. The summed E-state index contributed by atoms with van der Waals surface area (Å²) in [4.78, 5) is 22.4. The van der Waals surface area contributed by atoms with Crippen molar-refractivity contribution in [2.45, 2.75) is 11.7 Å². The molecule has 4 nitrogen and oxygen atoms in total. The zero-order valence-corrected chi connectivity index (χ0v) is 11.8. The van der Waals surface area contributed by atoms with Gasteiger partial charge in [0.15, 0.2) is 6.29 Å². The molecular weight excluding hydrogens is 288 g/mol. The molecule has 2 N–H and O–H groups in total. The molecule has 0 aliphatic carbocycles. The third kappa shape index (κ3) is 2.40. The van der Waals surface area contributed by atoms with E-state index in [1.807, 2.05) is 12.1 Å². The molecule has 0 fully saturated rings. The number of hydrogen-bond donors (Lipinski definition) is 2. The summed E-state index contributed by atoms with van der Waals surface area (Å²) in [5.41, 5.74) is 1.30. The number of carbonyl (C=O) groups is 2. The average molecular weight is 300 g/mol. The average Bonchev–Trinajstić information content (AvgIpc) is 2.97. The Morgan fingerprint density at radius 2 is 2.10 bits per heavy atom. The van der Waals surface area contributed by atoms with Crippen LogP contribution in [0.3, 0.4) is 0 Å². The maximum absolute atomic E-state index is 11.1. The first-order valence-corrected chi connectivity index (χ1v) is 7.29. The number of hydrogen-bond acceptors (Lipinski definition) is 4. The number of aldehydes is 1. The van der Waals surface area contributed by atoms with Gasteiger partial charge in [0.05, 0.1) is 10.5 Å². The van der Waals surface area contributed by atoms with E-state index in [0.29, 0.717) is 23.0 Å². The van der Waals surface area contributed by atoms with Crippen molar-refractivity contribution in [3.63, 3.8) is 0 Å². The Kier molecular flexibility index (Phi) is 3.43. The fraction of sp³-hybridized carbons (Fsp3) is 0.125. The Balaban J connectivity index is 1.98. The molecule has 0 aromatic heterocycles. The number of carboxylic acids is 1. The Bertz CT molecular complexity index is 779. The number of rotatable bonds is 3. The van der Waals surface area contributed by atoms with Gasteiger partial charge in [-0.05, 0) is 34.9 Å². The van der Waals surface area contributed by atoms with Crippen LogP contribution in [-0.4, -0.2) is 22.5 Å². The van der Waals surface area contributed by atoms with Crippen LogP contribution in [0.25, 0.3) is 10.8 Å². The number of allylic oxidation sites excluding steroid dienone is 1. The molecule has 21 heavy (non-hydrogen) atoms. The fourth-order valence-corrected chi connectivity index (χ4v) is 3.57. The largest absolute Gasteiger partial charge is 0.507 e. The van der Waals surface area contributed by atoms with Crippen LogP contribution in [0.5, 0.6) is 5.75 Å². The van der Waals surface area contributed by atoms with Gasteiger partial charge in [-0.3, -0.25) is 4.79 Å². The summed E-state index contributed by atoms with van der Waals surface area (Å²) in [6, 6.07) is 8.88. The molecule has 0 radical (unpaired) electrons. The molecule has 0 saturated heterocycles. The third-order valence-electron chi connectivity index (χ3n) is 3.55. The molecule has 1 atom stereocenters. The predicted octanol–water partition coefficient (Wildman–Crippen LogP) is 3.50. The first kappa shape index (κ1) is 13.7. The lowest BCUT2D eigenvalue weighted by molar-refractivity contribution is -0.131. The van der Waals surface area contributed by atoms with Crippen LogP contribution < -0.4 is 0 Å². The molecule has 1 unspecified atom stereocenters. The van der Waals surface area contributed by atoms with Crippen LogP contribution in [0, 0.1) is 0 Å². The quantitative estimate of drug-likeness (QED) is 0.849. The van der Waals surface area contributed by atoms with Gasteiger partial charge in [-0.2, -0.15) is 0 Å². The van der Waals surface area contributed by atoms with E-state index < -0.39 is 5.97 Å². The van der Waals surface area contributed by atoms with E-state index in [0.717, 1.165) is 10.9 Å². The zero-order valence-electron chi connectivity index (χ0n) is 10.9. The normalized spacial score (nSPS) is 17.7. The van der Waals surface area contributed by atoms with E-state index in [1.54, 1.807) is 18.2 Å². The standard InChI is InChI=1S/C16H12O4S/c17-8-12-11-3-1-10(7-9(11)2-4-13(12)18)14-5-6-15(21-14)16(19)20/h1-4,6-8,14,18H,5H2,(H,19,20). The predicted molar refractivity (Wildman–Crippen MR) is 81.7 cm³/mol. The number of thioether (sulfide) groups is 1. The molecule has 1 heterocycles. The monoisotopic (exact) mass is 300 g/mol. The van der Waals surface area contributed by atoms with Crippen LogP contribution in [0.2, 0.25) is 0 Å². The maximum Gasteiger partial charge on any atom is 0.341 e. The van der Waals surface area contributed by atoms with Crippen molar-refractivity contribution in [1.29, 1.82) is 0 Å². The highest BCUT2D eigenvalue weighted by Crippen LogP contribution is 2.44. The van der Waals surface area contributed by atoms with Crippen molar-refractivity contribution < 1.29 is 19.8 Å². The molecule has 3 rings (SSSR count). The van der Waals surface area contributed by atoms with Crippen molar-refractivity contribution in [1.82, 2.24) is 0 Å². The van der Waals surface area contributed by atoms with Gasteiger partial charge in [0.2, 0.25) is 0 Å². The molecule has 2 aromatic carbocycles. The molecule has 1 aliphatic rings. The number of phenols is 1. The zero-order chi connectivity index (χ0) is 15.0. The van der Waals surface area contributed by atoms with Gasteiger partial charge >= 0.3 is 5.97 Å². The molecule has 5 heteroatoms. The lowest BCUT2D eigenvalue weighted by Crippen LogP contribution is -1.95. The van der Waals surface area contributed by atoms with Crippen LogP contribution in [-0.2, 0) is 4.79 Å². The molecule has 1 aliphatic heterocycles. The number of phenolic OH excluding ortho intramolecular Hbond substituents is 1. The Morgan fingerprint density at radius 1 is 1.29 bits per heavy atom. The Morgan fingerprint density at radius 3 is 2.76 bits per heavy atom. The topological polar surface area (TPSA) is 74.6 Å². The number of fused-ring (bicyclic) bond motifs is 1. The highest BCUT2D eigenvalue weighted by atomic mass is 32.2. The smallest absolute Gasteiger partial charge is 0.341 e. The minimum Gasteiger partial charge on any atom is -0.507 e. The minimum absolute atomic E-state index is 0.0321. The van der Waals surface area contributed by atoms with Crippen LogP contribution >= 0.6 is 11.8 Å². The van der Waals surface area contributed by atoms with Crippen molar-refractivity contribution in [2.75, 3.05) is 0 Å². The Labute approximate surface area is 125 Å². The van der Waals surface area contributed by atoms with Gasteiger partial charge in [-0.1, -0.05) is 24.3 Å². The van der Waals surface area contributed by atoms with Gasteiger partial charge in [-0.25, -0.2) is 4.79 Å². The number of carbonyl (C=O) groups excluding carboxylic acids is 1. The number of aliphatic carboxylic acids is 1. The summed E-state index contributed by atoms with van der Waals surface area (Å²) >= 11 is 1.34. The van der Waals surface area contributed by atoms with Gasteiger partial charge in [0, 0.05) is 5.25 Å². The molecular formula is C16H12O4S. The summed E-state index contributed by atoms with van der Waals surface area (Å²) in [5.74, 6) is -0.924. The summed E-state index contributed by atoms with van der Waals surface area (Å²) < 4.78 is 0. The van der Waals surface area contributed by atoms with Crippen molar-refractivity contribution in [3.05, 3.63) is 52.4 Å². The highest BCUT2D eigenvalue weighted by molar-refractivity contribution is 8.04.